The summed E-state index contributed by atoms with van der Waals surface area (Å²) >= 11 is 0. The van der Waals surface area contributed by atoms with Crippen LogP contribution in [-0.2, 0) is 5.41 Å². The van der Waals surface area contributed by atoms with E-state index in [1.807, 2.05) is 117 Å². The lowest BCUT2D eigenvalue weighted by Gasteiger charge is -2.22. The Bertz CT molecular complexity index is 3370. The zero-order valence-electron chi connectivity index (χ0n) is 38.0. The van der Waals surface area contributed by atoms with E-state index in [9.17, 15) is 5.48 Å². The van der Waals surface area contributed by atoms with E-state index in [4.69, 9.17) is 16.8 Å². The lowest BCUT2D eigenvalue weighted by atomic mass is 9.81. The zero-order valence-corrected chi connectivity index (χ0v) is 29.0. The third-order valence-electron chi connectivity index (χ3n) is 10.3. The topological polar surface area (TPSA) is 25.8 Å². The van der Waals surface area contributed by atoms with Crippen molar-refractivity contribution in [3.05, 3.63) is 193 Å². The molecule has 0 atom stereocenters. The standard InChI is InChI=1S/C51H36N2/c1-51(2)45-27-15-26-43(49(45)44-30-35-20-9-10-21-36(35)31-46(44)51)40-28-29-42(39-24-13-12-23-38(39)40)48-32-47(52-50(53-48)34-18-7-4-8-19-34)41-25-14-11-22-37(41)33-16-5-3-6-17-33/h3-32H,1-2H3/i9D,10D,15D,20D,21D,26D,27D,30D,31D. The van der Waals surface area contributed by atoms with Crippen molar-refractivity contribution >= 4 is 21.5 Å². The highest BCUT2D eigenvalue weighted by Crippen LogP contribution is 2.54. The largest absolute Gasteiger partial charge is 0.228 e. The molecular weight excluding hydrogens is 641 g/mol. The zero-order chi connectivity index (χ0) is 43.4. The highest BCUT2D eigenvalue weighted by atomic mass is 14.9. The summed E-state index contributed by atoms with van der Waals surface area (Å²) in [5, 5.41) is 1.38. The van der Waals surface area contributed by atoms with E-state index in [1.54, 1.807) is 0 Å². The molecule has 10 rings (SSSR count). The summed E-state index contributed by atoms with van der Waals surface area (Å²) in [6, 6.07) is 38.8. The first-order chi connectivity index (χ1) is 29.8. The molecule has 0 saturated heterocycles. The Morgan fingerprint density at radius 3 is 1.77 bits per heavy atom. The van der Waals surface area contributed by atoms with Crippen LogP contribution in [0.25, 0.3) is 88.8 Å². The van der Waals surface area contributed by atoms with Gasteiger partial charge in [0.2, 0.25) is 0 Å². The van der Waals surface area contributed by atoms with Gasteiger partial charge in [-0.05, 0) is 84.2 Å². The van der Waals surface area contributed by atoms with E-state index in [2.05, 4.69) is 24.3 Å². The molecule has 1 aliphatic carbocycles. The maximum absolute atomic E-state index is 9.63. The van der Waals surface area contributed by atoms with E-state index < -0.39 is 29.6 Å². The molecule has 53 heavy (non-hydrogen) atoms. The molecule has 1 heterocycles. The quantitative estimate of drug-likeness (QED) is 0.180. The van der Waals surface area contributed by atoms with Gasteiger partial charge in [-0.25, -0.2) is 9.97 Å². The van der Waals surface area contributed by atoms with Crippen molar-refractivity contribution in [2.24, 2.45) is 0 Å². The second-order valence-corrected chi connectivity index (χ2v) is 13.8. The number of rotatable bonds is 5. The van der Waals surface area contributed by atoms with Gasteiger partial charge < -0.3 is 0 Å². The molecule has 0 amide bonds. The summed E-state index contributed by atoms with van der Waals surface area (Å²) in [6.45, 7) is 3.62. The molecule has 1 aromatic heterocycles. The van der Waals surface area contributed by atoms with E-state index >= 15 is 0 Å². The Kier molecular flexibility index (Phi) is 5.32. The highest BCUT2D eigenvalue weighted by Gasteiger charge is 2.37. The molecule has 0 radical (unpaired) electrons. The van der Waals surface area contributed by atoms with Crippen LogP contribution in [-0.4, -0.2) is 9.97 Å². The maximum atomic E-state index is 9.63. The molecule has 8 aromatic carbocycles. The minimum atomic E-state index is -1.13. The molecule has 0 aliphatic heterocycles. The van der Waals surface area contributed by atoms with Crippen LogP contribution in [0.2, 0.25) is 0 Å². The van der Waals surface area contributed by atoms with Crippen molar-refractivity contribution in [2.45, 2.75) is 19.3 Å². The molecule has 0 unspecified atom stereocenters. The van der Waals surface area contributed by atoms with Crippen molar-refractivity contribution < 1.29 is 12.3 Å². The van der Waals surface area contributed by atoms with Gasteiger partial charge in [-0.15, -0.1) is 0 Å². The highest BCUT2D eigenvalue weighted by molar-refractivity contribution is 6.08. The van der Waals surface area contributed by atoms with Crippen molar-refractivity contribution in [1.29, 1.82) is 0 Å². The van der Waals surface area contributed by atoms with Crippen LogP contribution in [0, 0.1) is 0 Å². The number of nitrogens with zero attached hydrogens (tertiary/aromatic N) is 2. The fourth-order valence-electron chi connectivity index (χ4n) is 7.74. The van der Waals surface area contributed by atoms with Gasteiger partial charge in [-0.3, -0.25) is 0 Å². The molecule has 0 bridgehead atoms. The Morgan fingerprint density at radius 2 is 1.04 bits per heavy atom. The second-order valence-electron chi connectivity index (χ2n) is 13.8. The van der Waals surface area contributed by atoms with Gasteiger partial charge in [0.1, 0.15) is 0 Å². The summed E-state index contributed by atoms with van der Waals surface area (Å²) in [5.41, 5.74) is 7.11. The first-order valence-electron chi connectivity index (χ1n) is 22.1. The van der Waals surface area contributed by atoms with Crippen molar-refractivity contribution in [1.82, 2.24) is 9.97 Å². The maximum Gasteiger partial charge on any atom is 0.160 e. The minimum Gasteiger partial charge on any atom is -0.228 e. The molecule has 0 N–H and O–H groups in total. The molecular formula is C51H36N2. The minimum absolute atomic E-state index is 0.0637. The molecule has 9 aromatic rings. The normalized spacial score (nSPS) is 15.2. The molecule has 0 spiro atoms. The number of hydrogen-bond acceptors (Lipinski definition) is 2. The molecule has 1 aliphatic rings. The van der Waals surface area contributed by atoms with Gasteiger partial charge in [0.15, 0.2) is 5.82 Å². The average molecular weight is 686 g/mol. The van der Waals surface area contributed by atoms with Gasteiger partial charge in [-0.2, -0.15) is 0 Å². The van der Waals surface area contributed by atoms with Crippen LogP contribution in [0.15, 0.2) is 182 Å². The summed E-state index contributed by atoms with van der Waals surface area (Å²) in [4.78, 5) is 10.3. The second kappa shape index (κ2) is 12.3. The average Bonchev–Trinajstić information content (AvgIpc) is 3.55. The number of hydrogen-bond donors (Lipinski definition) is 0. The van der Waals surface area contributed by atoms with E-state index in [1.165, 1.54) is 0 Å². The Hall–Kier alpha value is -6.64. The van der Waals surface area contributed by atoms with Crippen LogP contribution >= 0.6 is 0 Å². The van der Waals surface area contributed by atoms with E-state index in [-0.39, 0.29) is 46.5 Å². The Balaban J connectivity index is 1.26. The number of aromatic nitrogens is 2. The van der Waals surface area contributed by atoms with Gasteiger partial charge >= 0.3 is 0 Å². The van der Waals surface area contributed by atoms with Gasteiger partial charge in [-0.1, -0.05) is 177 Å². The van der Waals surface area contributed by atoms with Crippen LogP contribution in [0.3, 0.4) is 0 Å². The summed E-state index contributed by atoms with van der Waals surface area (Å²) in [6.07, 6.45) is 0. The fraction of sp³-hybridized carbons (Fsp3) is 0.0588. The van der Waals surface area contributed by atoms with Crippen LogP contribution < -0.4 is 0 Å². The van der Waals surface area contributed by atoms with Crippen molar-refractivity contribution in [3.8, 4) is 67.3 Å². The lowest BCUT2D eigenvalue weighted by molar-refractivity contribution is 0.661. The first kappa shape index (κ1) is 23.0. The van der Waals surface area contributed by atoms with Crippen molar-refractivity contribution in [3.63, 3.8) is 0 Å². The summed E-state index contributed by atoms with van der Waals surface area (Å²) < 4.78 is 81.5. The lowest BCUT2D eigenvalue weighted by Crippen LogP contribution is -2.14. The summed E-state index contributed by atoms with van der Waals surface area (Å²) in [7, 11) is 0. The molecule has 0 fully saturated rings. The van der Waals surface area contributed by atoms with Crippen LogP contribution in [0.4, 0.5) is 0 Å². The predicted octanol–water partition coefficient (Wildman–Crippen LogP) is 13.4. The summed E-state index contributed by atoms with van der Waals surface area (Å²) in [5.74, 6) is 0.545. The third-order valence-corrected chi connectivity index (χ3v) is 10.3. The molecule has 0 saturated carbocycles. The van der Waals surface area contributed by atoms with Gasteiger partial charge in [0, 0.05) is 22.1 Å². The molecule has 250 valence electrons. The smallest absolute Gasteiger partial charge is 0.160 e. The first-order valence-corrected chi connectivity index (χ1v) is 17.6. The number of benzene rings is 8. The molecule has 2 nitrogen and oxygen atoms in total. The number of fused-ring (bicyclic) bond motifs is 5. The Morgan fingerprint density at radius 1 is 0.453 bits per heavy atom. The predicted molar refractivity (Wildman–Crippen MR) is 222 cm³/mol. The van der Waals surface area contributed by atoms with Crippen molar-refractivity contribution in [2.75, 3.05) is 0 Å². The van der Waals surface area contributed by atoms with Gasteiger partial charge in [0.05, 0.1) is 23.7 Å². The monoisotopic (exact) mass is 685 g/mol. The van der Waals surface area contributed by atoms with Gasteiger partial charge in [0.25, 0.3) is 0 Å². The van der Waals surface area contributed by atoms with E-state index in [0.29, 0.717) is 39.3 Å². The van der Waals surface area contributed by atoms with Crippen LogP contribution in [0.1, 0.15) is 37.3 Å². The molecule has 2 heteroatoms. The third kappa shape index (κ3) is 5.10. The van der Waals surface area contributed by atoms with Crippen LogP contribution in [0.5, 0.6) is 0 Å². The SMILES string of the molecule is [2H]c1c([2H])c(-c2ccc(-c3cc(-c4ccccc4-c4ccccc4)nc(-c4ccccc4)n3)c3ccccc23)c2c(c1[2H])C(C)(C)c1c-2c([2H])c2c([2H])c([2H])c([2H])c([2H])c2c1[2H]. The fourth-order valence-corrected chi connectivity index (χ4v) is 7.74. The Labute approximate surface area is 322 Å². The van der Waals surface area contributed by atoms with E-state index in [0.717, 1.165) is 44.3 Å².